The number of piperidine rings is 1. The van der Waals surface area contributed by atoms with Crippen molar-refractivity contribution in [2.24, 2.45) is 0 Å². The van der Waals surface area contributed by atoms with Gasteiger partial charge in [0, 0.05) is 51.2 Å². The van der Waals surface area contributed by atoms with Crippen LogP contribution in [0.2, 0.25) is 0 Å². The predicted molar refractivity (Wildman–Crippen MR) is 120 cm³/mol. The molecule has 1 amide bonds. The first kappa shape index (κ1) is 19.1. The summed E-state index contributed by atoms with van der Waals surface area (Å²) in [5.41, 5.74) is 1.87. The third-order valence-corrected chi connectivity index (χ3v) is 6.88. The Morgan fingerprint density at radius 3 is 2.27 bits per heavy atom. The Kier molecular flexibility index (Phi) is 5.40. The largest absolute Gasteiger partial charge is 0.368 e. The molecule has 0 radical (unpaired) electrons. The molecule has 0 saturated carbocycles. The number of nitrogens with zero attached hydrogens (tertiary/aromatic N) is 6. The minimum Gasteiger partial charge on any atom is -0.368 e. The lowest BCUT2D eigenvalue weighted by Crippen LogP contribution is -2.49. The number of benzene rings is 1. The summed E-state index contributed by atoms with van der Waals surface area (Å²) in [4.78, 5) is 19.8. The molecule has 2 aliphatic heterocycles. The van der Waals surface area contributed by atoms with Gasteiger partial charge in [-0.3, -0.25) is 9.36 Å². The molecule has 3 aromatic rings. The maximum absolute atomic E-state index is 13.2. The van der Waals surface area contributed by atoms with Crippen molar-refractivity contribution in [3.8, 4) is 5.13 Å². The van der Waals surface area contributed by atoms with Gasteiger partial charge in [0.15, 0.2) is 0 Å². The molecule has 30 heavy (non-hydrogen) atoms. The Balaban J connectivity index is 1.28. The molecule has 5 rings (SSSR count). The second-order valence-corrected chi connectivity index (χ2v) is 8.73. The van der Waals surface area contributed by atoms with Gasteiger partial charge in [-0.05, 0) is 43.5 Å². The summed E-state index contributed by atoms with van der Waals surface area (Å²) in [6, 6.07) is 14.2. The summed E-state index contributed by atoms with van der Waals surface area (Å²) < 4.78 is 1.89. The highest BCUT2D eigenvalue weighted by Crippen LogP contribution is 2.27. The second-order valence-electron chi connectivity index (χ2n) is 7.79. The van der Waals surface area contributed by atoms with Gasteiger partial charge in [-0.15, -0.1) is 10.2 Å². The highest BCUT2D eigenvalue weighted by atomic mass is 32.1. The molecular weight excluding hydrogens is 396 g/mol. The van der Waals surface area contributed by atoms with Crippen LogP contribution < -0.4 is 9.80 Å². The van der Waals surface area contributed by atoms with E-state index in [1.54, 1.807) is 11.3 Å². The van der Waals surface area contributed by atoms with Crippen molar-refractivity contribution >= 4 is 28.1 Å². The number of hydrogen-bond donors (Lipinski definition) is 0. The molecule has 2 aliphatic rings. The first-order valence-corrected chi connectivity index (χ1v) is 11.5. The molecule has 2 fully saturated rings. The molecule has 7 nitrogen and oxygen atoms in total. The Morgan fingerprint density at radius 1 is 0.767 bits per heavy atom. The molecule has 0 aliphatic carbocycles. The molecule has 0 unspecified atom stereocenters. The molecule has 4 heterocycles. The van der Waals surface area contributed by atoms with E-state index in [9.17, 15) is 4.79 Å². The maximum Gasteiger partial charge on any atom is 0.271 e. The van der Waals surface area contributed by atoms with E-state index in [-0.39, 0.29) is 5.91 Å². The summed E-state index contributed by atoms with van der Waals surface area (Å²) in [5.74, 6) is 0.0578. The average Bonchev–Trinajstić information content (AvgIpc) is 3.50. The third kappa shape index (κ3) is 3.79. The third-order valence-electron chi connectivity index (χ3n) is 5.89. The SMILES string of the molecule is O=C(c1cccn1-c1nnc(N2CCCCC2)s1)N1CCN(c2ccccc2)CC1. The van der Waals surface area contributed by atoms with Gasteiger partial charge in [-0.1, -0.05) is 29.5 Å². The molecule has 2 saturated heterocycles. The van der Waals surface area contributed by atoms with Gasteiger partial charge < -0.3 is 14.7 Å². The van der Waals surface area contributed by atoms with Crippen LogP contribution in [0.4, 0.5) is 10.8 Å². The first-order chi connectivity index (χ1) is 14.8. The van der Waals surface area contributed by atoms with Crippen molar-refractivity contribution < 1.29 is 4.79 Å². The summed E-state index contributed by atoms with van der Waals surface area (Å²) in [6.07, 6.45) is 5.61. The monoisotopic (exact) mass is 422 g/mol. The van der Waals surface area contributed by atoms with Crippen LogP contribution in [0, 0.1) is 0 Å². The van der Waals surface area contributed by atoms with Crippen LogP contribution in [-0.2, 0) is 0 Å². The van der Waals surface area contributed by atoms with Crippen molar-refractivity contribution in [1.82, 2.24) is 19.7 Å². The molecular formula is C22H26N6OS. The zero-order valence-corrected chi connectivity index (χ0v) is 17.8. The smallest absolute Gasteiger partial charge is 0.271 e. The Bertz CT molecular complexity index is 986. The van der Waals surface area contributed by atoms with Crippen molar-refractivity contribution in [1.29, 1.82) is 0 Å². The Morgan fingerprint density at radius 2 is 1.50 bits per heavy atom. The Hall–Kier alpha value is -2.87. The van der Waals surface area contributed by atoms with Gasteiger partial charge >= 0.3 is 0 Å². The van der Waals surface area contributed by atoms with E-state index in [0.717, 1.165) is 36.4 Å². The fourth-order valence-electron chi connectivity index (χ4n) is 4.21. The summed E-state index contributed by atoms with van der Waals surface area (Å²) in [5, 5.41) is 10.5. The number of anilines is 2. The van der Waals surface area contributed by atoms with Crippen LogP contribution in [0.3, 0.4) is 0 Å². The fourth-order valence-corrected chi connectivity index (χ4v) is 5.10. The number of para-hydroxylation sites is 1. The zero-order chi connectivity index (χ0) is 20.3. The van der Waals surface area contributed by atoms with Crippen LogP contribution >= 0.6 is 11.3 Å². The van der Waals surface area contributed by atoms with Gasteiger partial charge in [0.1, 0.15) is 5.69 Å². The number of hydrogen-bond acceptors (Lipinski definition) is 6. The van der Waals surface area contributed by atoms with Crippen LogP contribution in [0.5, 0.6) is 0 Å². The van der Waals surface area contributed by atoms with E-state index < -0.39 is 0 Å². The number of aromatic nitrogens is 3. The summed E-state index contributed by atoms with van der Waals surface area (Å²) in [6.45, 7) is 5.19. The molecule has 1 aromatic carbocycles. The highest BCUT2D eigenvalue weighted by Gasteiger charge is 2.25. The van der Waals surface area contributed by atoms with Crippen molar-refractivity contribution in [2.45, 2.75) is 19.3 Å². The Labute approximate surface area is 180 Å². The lowest BCUT2D eigenvalue weighted by molar-refractivity contribution is 0.0739. The maximum atomic E-state index is 13.2. The summed E-state index contributed by atoms with van der Waals surface area (Å²) >= 11 is 1.56. The molecule has 156 valence electrons. The van der Waals surface area contributed by atoms with Gasteiger partial charge in [-0.25, -0.2) is 0 Å². The van der Waals surface area contributed by atoms with E-state index in [2.05, 4.69) is 44.3 Å². The molecule has 2 aromatic heterocycles. The zero-order valence-electron chi connectivity index (χ0n) is 17.0. The average molecular weight is 423 g/mol. The summed E-state index contributed by atoms with van der Waals surface area (Å²) in [7, 11) is 0. The van der Waals surface area contributed by atoms with Crippen molar-refractivity contribution in [2.75, 3.05) is 49.1 Å². The van der Waals surface area contributed by atoms with Gasteiger partial charge in [0.25, 0.3) is 5.91 Å². The minimum atomic E-state index is 0.0578. The fraction of sp³-hybridized carbons (Fsp3) is 0.409. The predicted octanol–water partition coefficient (Wildman–Crippen LogP) is 3.28. The highest BCUT2D eigenvalue weighted by molar-refractivity contribution is 7.17. The number of rotatable bonds is 4. The van der Waals surface area contributed by atoms with Crippen LogP contribution in [0.25, 0.3) is 5.13 Å². The topological polar surface area (TPSA) is 57.5 Å². The molecule has 0 N–H and O–H groups in total. The van der Waals surface area contributed by atoms with Crippen LogP contribution in [0.15, 0.2) is 48.7 Å². The first-order valence-electron chi connectivity index (χ1n) is 10.6. The van der Waals surface area contributed by atoms with Gasteiger partial charge in [0.05, 0.1) is 0 Å². The lowest BCUT2D eigenvalue weighted by Gasteiger charge is -2.36. The van der Waals surface area contributed by atoms with Gasteiger partial charge in [-0.2, -0.15) is 0 Å². The minimum absolute atomic E-state index is 0.0578. The molecule has 0 atom stereocenters. The normalized spacial score (nSPS) is 17.4. The molecule has 0 bridgehead atoms. The van der Waals surface area contributed by atoms with Crippen LogP contribution in [0.1, 0.15) is 29.8 Å². The lowest BCUT2D eigenvalue weighted by atomic mass is 10.1. The van der Waals surface area contributed by atoms with E-state index >= 15 is 0 Å². The van der Waals surface area contributed by atoms with Crippen molar-refractivity contribution in [3.05, 3.63) is 54.4 Å². The number of amides is 1. The standard InChI is InChI=1S/C22H26N6OS/c29-20(26-16-14-25(15-17-26)18-8-3-1-4-9-18)19-10-7-13-28(19)22-24-23-21(30-22)27-11-5-2-6-12-27/h1,3-4,7-10,13H,2,5-6,11-12,14-17H2. The molecule has 0 spiro atoms. The number of piperazine rings is 1. The van der Waals surface area contributed by atoms with Crippen LogP contribution in [-0.4, -0.2) is 64.8 Å². The van der Waals surface area contributed by atoms with E-state index in [1.807, 2.05) is 33.9 Å². The quantitative estimate of drug-likeness (QED) is 0.646. The number of carbonyl (C=O) groups is 1. The molecule has 8 heteroatoms. The van der Waals surface area contributed by atoms with Crippen molar-refractivity contribution in [3.63, 3.8) is 0 Å². The van der Waals surface area contributed by atoms with E-state index in [4.69, 9.17) is 0 Å². The van der Waals surface area contributed by atoms with E-state index in [1.165, 1.54) is 24.9 Å². The van der Waals surface area contributed by atoms with Gasteiger partial charge in [0.2, 0.25) is 10.3 Å². The van der Waals surface area contributed by atoms with E-state index in [0.29, 0.717) is 18.8 Å². The second kappa shape index (κ2) is 8.47. The number of carbonyl (C=O) groups excluding carboxylic acids is 1.